The monoisotopic (exact) mass is 284 g/mol. The first-order valence-corrected chi connectivity index (χ1v) is 6.65. The van der Waals surface area contributed by atoms with Gasteiger partial charge in [0.1, 0.15) is 5.75 Å². The van der Waals surface area contributed by atoms with Crippen LogP contribution < -0.4 is 4.74 Å². The van der Waals surface area contributed by atoms with Gasteiger partial charge in [0.15, 0.2) is 0 Å². The average Bonchev–Trinajstić information content (AvgIpc) is 2.33. The van der Waals surface area contributed by atoms with Crippen LogP contribution in [-0.4, -0.2) is 11.2 Å². The first-order chi connectivity index (χ1) is 7.79. The summed E-state index contributed by atoms with van der Waals surface area (Å²) in [6.07, 6.45) is 6.56. The molecule has 0 spiro atoms. The number of benzene rings is 1. The fourth-order valence-electron chi connectivity index (χ4n) is 2.12. The van der Waals surface area contributed by atoms with Crippen molar-refractivity contribution in [2.24, 2.45) is 0 Å². The van der Waals surface area contributed by atoms with Gasteiger partial charge in [-0.3, -0.25) is 0 Å². The van der Waals surface area contributed by atoms with E-state index in [9.17, 15) is 0 Å². The Hall–Kier alpha value is -0.540. The van der Waals surface area contributed by atoms with Gasteiger partial charge in [-0.2, -0.15) is 0 Å². The topological polar surface area (TPSA) is 29.5 Å². The van der Waals surface area contributed by atoms with E-state index in [0.29, 0.717) is 6.10 Å². The van der Waals surface area contributed by atoms with Crippen molar-refractivity contribution >= 4 is 15.9 Å². The number of aliphatic hydroxyl groups is 1. The van der Waals surface area contributed by atoms with Crippen LogP contribution in [0.15, 0.2) is 22.7 Å². The summed E-state index contributed by atoms with van der Waals surface area (Å²) in [4.78, 5) is 0. The van der Waals surface area contributed by atoms with Gasteiger partial charge in [-0.05, 0) is 49.4 Å². The standard InChI is InChI=1S/C13H17BrO2/c14-13-7-6-12(8-10(13)9-15)16-11-4-2-1-3-5-11/h6-8,11,15H,1-5,9H2. The van der Waals surface area contributed by atoms with Crippen molar-refractivity contribution in [3.8, 4) is 5.75 Å². The van der Waals surface area contributed by atoms with Crippen LogP contribution >= 0.6 is 15.9 Å². The van der Waals surface area contributed by atoms with E-state index in [-0.39, 0.29) is 6.61 Å². The normalized spacial score (nSPS) is 17.4. The number of ether oxygens (including phenoxy) is 1. The SMILES string of the molecule is OCc1cc(OC2CCCCC2)ccc1Br. The van der Waals surface area contributed by atoms with E-state index in [0.717, 1.165) is 28.6 Å². The van der Waals surface area contributed by atoms with Gasteiger partial charge in [0.05, 0.1) is 12.7 Å². The maximum Gasteiger partial charge on any atom is 0.120 e. The lowest BCUT2D eigenvalue weighted by atomic mass is 9.98. The molecule has 0 atom stereocenters. The van der Waals surface area contributed by atoms with E-state index in [1.165, 1.54) is 19.3 Å². The Labute approximate surface area is 105 Å². The lowest BCUT2D eigenvalue weighted by Gasteiger charge is -2.23. The van der Waals surface area contributed by atoms with Crippen LogP contribution in [0.4, 0.5) is 0 Å². The minimum atomic E-state index is 0.0441. The van der Waals surface area contributed by atoms with E-state index >= 15 is 0 Å². The van der Waals surface area contributed by atoms with Gasteiger partial charge in [-0.15, -0.1) is 0 Å². The molecule has 0 amide bonds. The molecule has 0 saturated heterocycles. The summed E-state index contributed by atoms with van der Waals surface area (Å²) in [5.41, 5.74) is 0.883. The Balaban J connectivity index is 2.03. The van der Waals surface area contributed by atoms with Crippen molar-refractivity contribution in [1.82, 2.24) is 0 Å². The quantitative estimate of drug-likeness (QED) is 0.918. The average molecular weight is 285 g/mol. The lowest BCUT2D eigenvalue weighted by Crippen LogP contribution is -2.19. The van der Waals surface area contributed by atoms with E-state index in [2.05, 4.69) is 15.9 Å². The Bertz CT molecular complexity index is 346. The predicted molar refractivity (Wildman–Crippen MR) is 67.6 cm³/mol. The molecule has 0 heterocycles. The fourth-order valence-corrected chi connectivity index (χ4v) is 2.49. The summed E-state index contributed by atoms with van der Waals surface area (Å²) in [5.74, 6) is 0.874. The van der Waals surface area contributed by atoms with Gasteiger partial charge >= 0.3 is 0 Å². The van der Waals surface area contributed by atoms with Crippen LogP contribution in [0.25, 0.3) is 0 Å². The Kier molecular flexibility index (Phi) is 4.24. The molecule has 2 rings (SSSR count). The van der Waals surface area contributed by atoms with Crippen molar-refractivity contribution in [3.05, 3.63) is 28.2 Å². The van der Waals surface area contributed by atoms with Crippen molar-refractivity contribution in [2.75, 3.05) is 0 Å². The lowest BCUT2D eigenvalue weighted by molar-refractivity contribution is 0.154. The van der Waals surface area contributed by atoms with Gasteiger partial charge in [-0.1, -0.05) is 22.4 Å². The molecule has 0 radical (unpaired) electrons. The summed E-state index contributed by atoms with van der Waals surface area (Å²) in [6.45, 7) is 0.0441. The molecule has 0 aromatic heterocycles. The molecule has 1 N–H and O–H groups in total. The second-order valence-corrected chi connectivity index (χ2v) is 5.14. The predicted octanol–water partition coefficient (Wildman–Crippen LogP) is 3.65. The molecule has 88 valence electrons. The third kappa shape index (κ3) is 2.98. The number of hydrogen-bond donors (Lipinski definition) is 1. The van der Waals surface area contributed by atoms with Crippen molar-refractivity contribution in [1.29, 1.82) is 0 Å². The van der Waals surface area contributed by atoms with E-state index in [4.69, 9.17) is 9.84 Å². The fraction of sp³-hybridized carbons (Fsp3) is 0.538. The minimum absolute atomic E-state index is 0.0441. The second-order valence-electron chi connectivity index (χ2n) is 4.29. The van der Waals surface area contributed by atoms with E-state index in [1.807, 2.05) is 18.2 Å². The molecule has 1 aliphatic carbocycles. The van der Waals surface area contributed by atoms with Crippen LogP contribution in [0.3, 0.4) is 0 Å². The maximum atomic E-state index is 9.16. The Morgan fingerprint density at radius 3 is 2.69 bits per heavy atom. The molecular weight excluding hydrogens is 268 g/mol. The van der Waals surface area contributed by atoms with Gasteiger partial charge in [0, 0.05) is 4.47 Å². The highest BCUT2D eigenvalue weighted by atomic mass is 79.9. The highest BCUT2D eigenvalue weighted by Gasteiger charge is 2.15. The molecule has 2 nitrogen and oxygen atoms in total. The Morgan fingerprint density at radius 2 is 2.00 bits per heavy atom. The van der Waals surface area contributed by atoms with Crippen molar-refractivity contribution in [3.63, 3.8) is 0 Å². The van der Waals surface area contributed by atoms with E-state index in [1.54, 1.807) is 0 Å². The molecule has 3 heteroatoms. The molecular formula is C13H17BrO2. The smallest absolute Gasteiger partial charge is 0.120 e. The van der Waals surface area contributed by atoms with Gasteiger partial charge in [0.25, 0.3) is 0 Å². The van der Waals surface area contributed by atoms with Crippen molar-refractivity contribution < 1.29 is 9.84 Å². The zero-order chi connectivity index (χ0) is 11.4. The van der Waals surface area contributed by atoms with Crippen LogP contribution in [0, 0.1) is 0 Å². The minimum Gasteiger partial charge on any atom is -0.490 e. The molecule has 1 aromatic carbocycles. The van der Waals surface area contributed by atoms with Gasteiger partial charge in [-0.25, -0.2) is 0 Å². The van der Waals surface area contributed by atoms with Gasteiger partial charge in [0.2, 0.25) is 0 Å². The summed E-state index contributed by atoms with van der Waals surface area (Å²) < 4.78 is 6.86. The molecule has 0 unspecified atom stereocenters. The zero-order valence-electron chi connectivity index (χ0n) is 9.29. The molecule has 1 aliphatic rings. The largest absolute Gasteiger partial charge is 0.490 e. The summed E-state index contributed by atoms with van der Waals surface area (Å²) in [5, 5.41) is 9.16. The van der Waals surface area contributed by atoms with Crippen LogP contribution in [-0.2, 0) is 6.61 Å². The molecule has 1 aromatic rings. The highest BCUT2D eigenvalue weighted by Crippen LogP contribution is 2.26. The third-order valence-electron chi connectivity index (χ3n) is 3.04. The van der Waals surface area contributed by atoms with Crippen molar-refractivity contribution in [2.45, 2.75) is 44.8 Å². The first kappa shape index (κ1) is 11.9. The molecule has 1 fully saturated rings. The molecule has 1 saturated carbocycles. The van der Waals surface area contributed by atoms with E-state index < -0.39 is 0 Å². The van der Waals surface area contributed by atoms with Gasteiger partial charge < -0.3 is 9.84 Å². The number of rotatable bonds is 3. The third-order valence-corrected chi connectivity index (χ3v) is 3.82. The summed E-state index contributed by atoms with van der Waals surface area (Å²) >= 11 is 3.40. The summed E-state index contributed by atoms with van der Waals surface area (Å²) in [6, 6.07) is 5.81. The van der Waals surface area contributed by atoms with Crippen LogP contribution in [0.2, 0.25) is 0 Å². The number of hydrogen-bond acceptors (Lipinski definition) is 2. The van der Waals surface area contributed by atoms with Crippen LogP contribution in [0.5, 0.6) is 5.75 Å². The second kappa shape index (κ2) is 5.69. The highest BCUT2D eigenvalue weighted by molar-refractivity contribution is 9.10. The summed E-state index contributed by atoms with van der Waals surface area (Å²) in [7, 11) is 0. The Morgan fingerprint density at radius 1 is 1.25 bits per heavy atom. The van der Waals surface area contributed by atoms with Crippen LogP contribution in [0.1, 0.15) is 37.7 Å². The molecule has 16 heavy (non-hydrogen) atoms. The first-order valence-electron chi connectivity index (χ1n) is 5.85. The molecule has 0 bridgehead atoms. The number of aliphatic hydroxyl groups excluding tert-OH is 1. The number of halogens is 1. The maximum absolute atomic E-state index is 9.16. The molecule has 0 aliphatic heterocycles. The zero-order valence-corrected chi connectivity index (χ0v) is 10.9.